The molecule has 2 N–H and O–H groups in total. The largest absolute Gasteiger partial charge is 0.497 e. The summed E-state index contributed by atoms with van der Waals surface area (Å²) in [5.41, 5.74) is 4.77. The van der Waals surface area contributed by atoms with Crippen LogP contribution >= 0.6 is 0 Å². The molecule has 0 saturated carbocycles. The third-order valence-electron chi connectivity index (χ3n) is 5.56. The molecule has 5 rings (SSSR count). The number of aromatic nitrogens is 6. The second-order valence-electron chi connectivity index (χ2n) is 7.96. The summed E-state index contributed by atoms with van der Waals surface area (Å²) in [7, 11) is 1.68. The minimum Gasteiger partial charge on any atom is -0.497 e. The Kier molecular flexibility index (Phi) is 5.18. The Labute approximate surface area is 185 Å². The van der Waals surface area contributed by atoms with Crippen LogP contribution in [0.1, 0.15) is 25.5 Å². The Hall–Kier alpha value is -3.94. The molecule has 0 saturated heterocycles. The fourth-order valence-electron chi connectivity index (χ4n) is 3.86. The van der Waals surface area contributed by atoms with Gasteiger partial charge in [0.15, 0.2) is 17.3 Å². The van der Waals surface area contributed by atoms with Crippen LogP contribution in [-0.2, 0) is 6.42 Å². The van der Waals surface area contributed by atoms with Gasteiger partial charge in [0.25, 0.3) is 0 Å². The molecule has 8 nitrogen and oxygen atoms in total. The summed E-state index contributed by atoms with van der Waals surface area (Å²) in [5, 5.41) is 4.68. The van der Waals surface area contributed by atoms with Crippen molar-refractivity contribution >= 4 is 27.9 Å². The number of nitrogens with one attached hydrogen (secondary N) is 2. The predicted molar refractivity (Wildman–Crippen MR) is 126 cm³/mol. The summed E-state index contributed by atoms with van der Waals surface area (Å²) in [6, 6.07) is 10.2. The summed E-state index contributed by atoms with van der Waals surface area (Å²) in [5.74, 6) is 2.21. The van der Waals surface area contributed by atoms with Gasteiger partial charge in [-0.15, -0.1) is 0 Å². The van der Waals surface area contributed by atoms with Crippen LogP contribution in [0, 0.1) is 0 Å². The molecule has 0 aliphatic rings. The molecule has 0 atom stereocenters. The number of anilines is 1. The highest BCUT2D eigenvalue weighted by molar-refractivity contribution is 5.86. The lowest BCUT2D eigenvalue weighted by Crippen LogP contribution is -2.09. The van der Waals surface area contributed by atoms with Crippen molar-refractivity contribution < 1.29 is 4.74 Å². The number of imidazole rings is 1. The average molecular weight is 428 g/mol. The maximum absolute atomic E-state index is 5.32. The molecule has 0 fully saturated rings. The van der Waals surface area contributed by atoms with Gasteiger partial charge in [-0.3, -0.25) is 4.98 Å². The molecule has 0 radical (unpaired) electrons. The molecule has 0 spiro atoms. The normalized spacial score (nSPS) is 11.5. The molecule has 5 aromatic rings. The topological polar surface area (TPSA) is 93.5 Å². The molecule has 8 heteroatoms. The molecule has 1 aromatic carbocycles. The Morgan fingerprint density at radius 2 is 2.09 bits per heavy atom. The fraction of sp³-hybridized carbons (Fsp3) is 0.250. The molecule has 0 aliphatic heterocycles. The van der Waals surface area contributed by atoms with E-state index in [1.807, 2.05) is 30.6 Å². The van der Waals surface area contributed by atoms with Crippen molar-refractivity contribution in [3.05, 3.63) is 60.8 Å². The minimum atomic E-state index is 0.243. The molecule has 32 heavy (non-hydrogen) atoms. The number of hydrogen-bond donors (Lipinski definition) is 2. The van der Waals surface area contributed by atoms with Gasteiger partial charge in [0.1, 0.15) is 11.3 Å². The zero-order valence-electron chi connectivity index (χ0n) is 18.3. The minimum absolute atomic E-state index is 0.243. The first kappa shape index (κ1) is 20.0. The average Bonchev–Trinajstić information content (AvgIpc) is 3.43. The van der Waals surface area contributed by atoms with E-state index in [-0.39, 0.29) is 6.04 Å². The Balaban J connectivity index is 1.44. The summed E-state index contributed by atoms with van der Waals surface area (Å²) in [4.78, 5) is 21.7. The molecule has 4 aromatic heterocycles. The van der Waals surface area contributed by atoms with Crippen LogP contribution in [0.25, 0.3) is 33.5 Å². The standard InChI is InChI=1S/C24H25N7O/c1-15(2)31-14-28-21-23(29-22(30-24(21)31)17-5-4-9-25-12-17)26-10-8-16-13-27-20-11-18(32-3)6-7-19(16)20/h4-7,9,11-15,27H,8,10H2,1-3H3,(H,26,29,30). The first-order valence-corrected chi connectivity index (χ1v) is 10.7. The highest BCUT2D eigenvalue weighted by atomic mass is 16.5. The van der Waals surface area contributed by atoms with E-state index in [1.165, 1.54) is 10.9 Å². The van der Waals surface area contributed by atoms with Crippen molar-refractivity contribution in [2.24, 2.45) is 0 Å². The van der Waals surface area contributed by atoms with E-state index < -0.39 is 0 Å². The van der Waals surface area contributed by atoms with E-state index in [0.29, 0.717) is 12.4 Å². The van der Waals surface area contributed by atoms with Gasteiger partial charge in [-0.25, -0.2) is 15.0 Å². The third-order valence-corrected chi connectivity index (χ3v) is 5.56. The number of aromatic amines is 1. The van der Waals surface area contributed by atoms with E-state index in [0.717, 1.165) is 40.2 Å². The molecule has 0 bridgehead atoms. The number of nitrogens with zero attached hydrogens (tertiary/aromatic N) is 5. The van der Waals surface area contributed by atoms with E-state index in [4.69, 9.17) is 14.7 Å². The second-order valence-corrected chi connectivity index (χ2v) is 7.96. The van der Waals surface area contributed by atoms with Gasteiger partial charge in [-0.1, -0.05) is 0 Å². The van der Waals surface area contributed by atoms with Crippen molar-refractivity contribution in [1.29, 1.82) is 0 Å². The fourth-order valence-corrected chi connectivity index (χ4v) is 3.86. The predicted octanol–water partition coefficient (Wildman–Crippen LogP) is 4.61. The van der Waals surface area contributed by atoms with Crippen LogP contribution in [0.5, 0.6) is 5.75 Å². The molecular weight excluding hydrogens is 402 g/mol. The smallest absolute Gasteiger partial charge is 0.166 e. The van der Waals surface area contributed by atoms with Crippen molar-refractivity contribution in [2.75, 3.05) is 19.0 Å². The van der Waals surface area contributed by atoms with Gasteiger partial charge >= 0.3 is 0 Å². The lowest BCUT2D eigenvalue weighted by Gasteiger charge is -2.11. The number of fused-ring (bicyclic) bond motifs is 2. The maximum Gasteiger partial charge on any atom is 0.166 e. The monoisotopic (exact) mass is 427 g/mol. The van der Waals surface area contributed by atoms with Crippen molar-refractivity contribution in [1.82, 2.24) is 29.5 Å². The van der Waals surface area contributed by atoms with Crippen LogP contribution in [0.3, 0.4) is 0 Å². The number of H-pyrrole nitrogens is 1. The Morgan fingerprint density at radius 3 is 2.88 bits per heavy atom. The summed E-state index contributed by atoms with van der Waals surface area (Å²) >= 11 is 0. The third kappa shape index (κ3) is 3.64. The van der Waals surface area contributed by atoms with Crippen molar-refractivity contribution in [3.8, 4) is 17.1 Å². The summed E-state index contributed by atoms with van der Waals surface area (Å²) < 4.78 is 7.38. The first-order chi connectivity index (χ1) is 15.6. The zero-order valence-corrected chi connectivity index (χ0v) is 18.3. The second kappa shape index (κ2) is 8.30. The zero-order chi connectivity index (χ0) is 22.1. The molecule has 0 aliphatic carbocycles. The Morgan fingerprint density at radius 1 is 1.19 bits per heavy atom. The van der Waals surface area contributed by atoms with E-state index in [2.05, 4.69) is 50.9 Å². The SMILES string of the molecule is COc1ccc2c(CCNc3nc(-c4cccnc4)nc4c3ncn4C(C)C)c[nH]c2c1. The number of pyridine rings is 1. The van der Waals surface area contributed by atoms with Crippen LogP contribution in [-0.4, -0.2) is 43.1 Å². The summed E-state index contributed by atoms with van der Waals surface area (Å²) in [6.07, 6.45) is 8.24. The van der Waals surface area contributed by atoms with Crippen LogP contribution in [0.2, 0.25) is 0 Å². The maximum atomic E-state index is 5.32. The van der Waals surface area contributed by atoms with Gasteiger partial charge in [0, 0.05) is 53.7 Å². The van der Waals surface area contributed by atoms with Crippen LogP contribution in [0.15, 0.2) is 55.2 Å². The molecule has 162 valence electrons. The number of methoxy groups -OCH3 is 1. The van der Waals surface area contributed by atoms with E-state index in [1.54, 1.807) is 19.5 Å². The van der Waals surface area contributed by atoms with E-state index >= 15 is 0 Å². The van der Waals surface area contributed by atoms with Crippen LogP contribution in [0.4, 0.5) is 5.82 Å². The Bertz CT molecular complexity index is 1370. The first-order valence-electron chi connectivity index (χ1n) is 10.7. The highest BCUT2D eigenvalue weighted by Gasteiger charge is 2.16. The number of hydrogen-bond acceptors (Lipinski definition) is 6. The van der Waals surface area contributed by atoms with Gasteiger partial charge in [-0.2, -0.15) is 0 Å². The van der Waals surface area contributed by atoms with E-state index in [9.17, 15) is 0 Å². The van der Waals surface area contributed by atoms with Crippen molar-refractivity contribution in [3.63, 3.8) is 0 Å². The lowest BCUT2D eigenvalue weighted by molar-refractivity contribution is 0.415. The van der Waals surface area contributed by atoms with Crippen LogP contribution < -0.4 is 10.1 Å². The van der Waals surface area contributed by atoms with Gasteiger partial charge in [0.05, 0.1) is 13.4 Å². The number of rotatable bonds is 7. The summed E-state index contributed by atoms with van der Waals surface area (Å²) in [6.45, 7) is 4.95. The molecular formula is C24H25N7O. The number of ether oxygens (including phenoxy) is 1. The molecule has 0 unspecified atom stereocenters. The number of benzene rings is 1. The van der Waals surface area contributed by atoms with Gasteiger partial charge in [0.2, 0.25) is 0 Å². The highest BCUT2D eigenvalue weighted by Crippen LogP contribution is 2.27. The molecule has 0 amide bonds. The van der Waals surface area contributed by atoms with Crippen molar-refractivity contribution in [2.45, 2.75) is 26.3 Å². The quantitative estimate of drug-likeness (QED) is 0.394. The molecule has 4 heterocycles. The van der Waals surface area contributed by atoms with Gasteiger partial charge in [-0.05, 0) is 50.1 Å². The lowest BCUT2D eigenvalue weighted by atomic mass is 10.1. The van der Waals surface area contributed by atoms with Gasteiger partial charge < -0.3 is 19.6 Å².